The minimum atomic E-state index is -0.939. The average Bonchev–Trinajstić information content (AvgIpc) is 2.61. The lowest BCUT2D eigenvalue weighted by molar-refractivity contribution is 0.0700. The summed E-state index contributed by atoms with van der Waals surface area (Å²) in [5, 5.41) is 8.99. The van der Waals surface area contributed by atoms with Gasteiger partial charge < -0.3 is 5.11 Å². The third-order valence-electron chi connectivity index (χ3n) is 2.34. The van der Waals surface area contributed by atoms with E-state index in [9.17, 15) is 9.59 Å². The maximum Gasteiger partial charge on any atom is 0.346 e. The Morgan fingerprint density at radius 2 is 2.33 bits per heavy atom. The Hall–Kier alpha value is -1.16. The lowest BCUT2D eigenvalue weighted by atomic mass is 9.97. The molecule has 0 bridgehead atoms. The average molecular weight is 226 g/mol. The number of aldehydes is 1. The fourth-order valence-corrected chi connectivity index (χ4v) is 2.54. The summed E-state index contributed by atoms with van der Waals surface area (Å²) in [7, 11) is 0. The van der Waals surface area contributed by atoms with Gasteiger partial charge in [0.25, 0.3) is 0 Å². The first-order valence-corrected chi connectivity index (χ1v) is 5.74. The van der Waals surface area contributed by atoms with Gasteiger partial charge in [-0.3, -0.25) is 4.79 Å². The van der Waals surface area contributed by atoms with Crippen molar-refractivity contribution in [2.24, 2.45) is 0 Å². The van der Waals surface area contributed by atoms with E-state index in [4.69, 9.17) is 5.11 Å². The molecule has 0 aromatic carbocycles. The van der Waals surface area contributed by atoms with Crippen LogP contribution in [0.5, 0.6) is 0 Å². The van der Waals surface area contributed by atoms with E-state index in [1.54, 1.807) is 6.07 Å². The van der Waals surface area contributed by atoms with Gasteiger partial charge in [-0.25, -0.2) is 4.79 Å². The van der Waals surface area contributed by atoms with Crippen LogP contribution in [0.1, 0.15) is 57.5 Å². The summed E-state index contributed by atoms with van der Waals surface area (Å²) in [5.41, 5.74) is 0.788. The second-order valence-electron chi connectivity index (χ2n) is 3.55. The normalized spacial score (nSPS) is 12.4. The zero-order valence-electron chi connectivity index (χ0n) is 8.82. The van der Waals surface area contributed by atoms with Crippen molar-refractivity contribution in [1.29, 1.82) is 0 Å². The zero-order valence-corrected chi connectivity index (χ0v) is 9.63. The van der Waals surface area contributed by atoms with E-state index in [-0.39, 0.29) is 5.92 Å². The summed E-state index contributed by atoms with van der Waals surface area (Å²) in [6.07, 6.45) is 2.65. The molecule has 3 nitrogen and oxygen atoms in total. The number of aromatic carboxylic acids is 1. The third kappa shape index (κ3) is 2.65. The van der Waals surface area contributed by atoms with Gasteiger partial charge in [0.05, 0.1) is 4.88 Å². The summed E-state index contributed by atoms with van der Waals surface area (Å²) in [6, 6.07) is 1.70. The Balaban J connectivity index is 3.08. The summed E-state index contributed by atoms with van der Waals surface area (Å²) in [6.45, 7) is 4.05. The van der Waals surface area contributed by atoms with Gasteiger partial charge in [-0.15, -0.1) is 11.3 Å². The Morgan fingerprint density at radius 1 is 1.67 bits per heavy atom. The van der Waals surface area contributed by atoms with Crippen LogP contribution in [0.15, 0.2) is 6.07 Å². The number of carbonyl (C=O) groups excluding carboxylic acids is 1. The molecule has 1 atom stereocenters. The quantitative estimate of drug-likeness (QED) is 0.784. The highest BCUT2D eigenvalue weighted by Crippen LogP contribution is 2.30. The molecule has 1 heterocycles. The van der Waals surface area contributed by atoms with E-state index in [2.05, 4.69) is 6.92 Å². The molecular formula is C11H14O3S. The van der Waals surface area contributed by atoms with Crippen LogP contribution in [0.4, 0.5) is 0 Å². The third-order valence-corrected chi connectivity index (χ3v) is 3.41. The molecule has 0 radical (unpaired) electrons. The molecule has 0 amide bonds. The van der Waals surface area contributed by atoms with E-state index in [1.807, 2.05) is 6.92 Å². The van der Waals surface area contributed by atoms with Crippen molar-refractivity contribution in [2.75, 3.05) is 0 Å². The molecule has 0 aliphatic carbocycles. The molecule has 15 heavy (non-hydrogen) atoms. The Kier molecular flexibility index (Phi) is 4.03. The number of hydrogen-bond acceptors (Lipinski definition) is 3. The van der Waals surface area contributed by atoms with Gasteiger partial charge in [-0.05, 0) is 24.0 Å². The first kappa shape index (κ1) is 11.9. The summed E-state index contributed by atoms with van der Waals surface area (Å²) in [5.74, 6) is -0.739. The molecule has 1 rings (SSSR count). The summed E-state index contributed by atoms with van der Waals surface area (Å²) >= 11 is 1.05. The fraction of sp³-hybridized carbons (Fsp3) is 0.455. The van der Waals surface area contributed by atoms with Crippen LogP contribution in [-0.4, -0.2) is 17.4 Å². The van der Waals surface area contributed by atoms with Crippen LogP contribution in [-0.2, 0) is 0 Å². The molecule has 82 valence electrons. The van der Waals surface area contributed by atoms with Gasteiger partial charge in [-0.2, -0.15) is 0 Å². The summed E-state index contributed by atoms with van der Waals surface area (Å²) in [4.78, 5) is 22.3. The molecule has 4 heteroatoms. The molecule has 1 N–H and O–H groups in total. The second kappa shape index (κ2) is 5.07. The monoisotopic (exact) mass is 226 g/mol. The summed E-state index contributed by atoms with van der Waals surface area (Å²) < 4.78 is 0. The van der Waals surface area contributed by atoms with E-state index in [1.165, 1.54) is 0 Å². The number of thiophene rings is 1. The van der Waals surface area contributed by atoms with Crippen molar-refractivity contribution in [1.82, 2.24) is 0 Å². The Bertz CT molecular complexity index is 368. The van der Waals surface area contributed by atoms with Gasteiger partial charge in [0.2, 0.25) is 0 Å². The van der Waals surface area contributed by atoms with Crippen molar-refractivity contribution >= 4 is 23.6 Å². The highest BCUT2D eigenvalue weighted by molar-refractivity contribution is 7.15. The van der Waals surface area contributed by atoms with Crippen LogP contribution in [0.25, 0.3) is 0 Å². The second-order valence-corrected chi connectivity index (χ2v) is 4.63. The SMILES string of the molecule is CCCC(C)c1cc(C=O)sc1C(=O)O. The lowest BCUT2D eigenvalue weighted by Crippen LogP contribution is -2.00. The Labute approximate surface area is 92.7 Å². The van der Waals surface area contributed by atoms with Gasteiger partial charge in [0, 0.05) is 0 Å². The van der Waals surface area contributed by atoms with Crippen LogP contribution in [0.3, 0.4) is 0 Å². The molecule has 0 spiro atoms. The minimum Gasteiger partial charge on any atom is -0.477 e. The smallest absolute Gasteiger partial charge is 0.346 e. The molecule has 0 saturated heterocycles. The predicted octanol–water partition coefficient (Wildman–Crippen LogP) is 3.16. The van der Waals surface area contributed by atoms with E-state index < -0.39 is 5.97 Å². The van der Waals surface area contributed by atoms with E-state index in [0.29, 0.717) is 16.0 Å². The number of carboxylic acid groups (broad SMARTS) is 1. The van der Waals surface area contributed by atoms with Crippen molar-refractivity contribution < 1.29 is 14.7 Å². The van der Waals surface area contributed by atoms with Crippen molar-refractivity contribution in [3.8, 4) is 0 Å². The predicted molar refractivity (Wildman–Crippen MR) is 60.0 cm³/mol. The number of carbonyl (C=O) groups is 2. The lowest BCUT2D eigenvalue weighted by Gasteiger charge is -2.08. The maximum atomic E-state index is 11.0. The maximum absolute atomic E-state index is 11.0. The first-order chi connectivity index (χ1) is 7.10. The molecular weight excluding hydrogens is 212 g/mol. The standard InChI is InChI=1S/C11H14O3S/c1-3-4-7(2)9-5-8(6-12)15-10(9)11(13)14/h5-7H,3-4H2,1-2H3,(H,13,14). The van der Waals surface area contributed by atoms with Crippen LogP contribution >= 0.6 is 11.3 Å². The molecule has 0 aliphatic rings. The van der Waals surface area contributed by atoms with Crippen molar-refractivity contribution in [3.63, 3.8) is 0 Å². The van der Waals surface area contributed by atoms with Gasteiger partial charge >= 0.3 is 5.97 Å². The largest absolute Gasteiger partial charge is 0.477 e. The van der Waals surface area contributed by atoms with E-state index in [0.717, 1.165) is 29.7 Å². The molecule has 1 aromatic rings. The fourth-order valence-electron chi connectivity index (χ4n) is 1.60. The number of rotatable bonds is 5. The topological polar surface area (TPSA) is 54.4 Å². The molecule has 1 unspecified atom stereocenters. The van der Waals surface area contributed by atoms with Gasteiger partial charge in [0.1, 0.15) is 4.88 Å². The molecule has 0 aliphatic heterocycles. The van der Waals surface area contributed by atoms with Crippen LogP contribution in [0, 0.1) is 0 Å². The number of carboxylic acids is 1. The van der Waals surface area contributed by atoms with Crippen LogP contribution in [0.2, 0.25) is 0 Å². The molecule has 0 fully saturated rings. The molecule has 1 aromatic heterocycles. The Morgan fingerprint density at radius 3 is 2.80 bits per heavy atom. The van der Waals surface area contributed by atoms with Gasteiger partial charge in [-0.1, -0.05) is 20.3 Å². The van der Waals surface area contributed by atoms with Crippen molar-refractivity contribution in [3.05, 3.63) is 21.4 Å². The van der Waals surface area contributed by atoms with Gasteiger partial charge in [0.15, 0.2) is 6.29 Å². The number of hydrogen-bond donors (Lipinski definition) is 1. The van der Waals surface area contributed by atoms with E-state index >= 15 is 0 Å². The highest BCUT2D eigenvalue weighted by atomic mass is 32.1. The zero-order chi connectivity index (χ0) is 11.4. The first-order valence-electron chi connectivity index (χ1n) is 4.92. The molecule has 0 saturated carbocycles. The highest BCUT2D eigenvalue weighted by Gasteiger charge is 2.19. The minimum absolute atomic E-state index is 0.200. The van der Waals surface area contributed by atoms with Crippen molar-refractivity contribution in [2.45, 2.75) is 32.6 Å². The van der Waals surface area contributed by atoms with Crippen LogP contribution < -0.4 is 0 Å².